The zero-order chi connectivity index (χ0) is 26.0. The summed E-state index contributed by atoms with van der Waals surface area (Å²) in [5.41, 5.74) is -1.21. The second kappa shape index (κ2) is 9.81. The number of amides is 1. The van der Waals surface area contributed by atoms with Crippen LogP contribution in [0.4, 0.5) is 33.3 Å². The van der Waals surface area contributed by atoms with E-state index in [9.17, 15) is 36.9 Å². The average molecular weight is 508 g/mol. The van der Waals surface area contributed by atoms with Crippen LogP contribution in [-0.4, -0.2) is 30.4 Å². The third-order valence-electron chi connectivity index (χ3n) is 4.76. The third kappa shape index (κ3) is 5.13. The van der Waals surface area contributed by atoms with Gasteiger partial charge in [0, 0.05) is 36.2 Å². The normalized spacial score (nSPS) is 10.9. The van der Waals surface area contributed by atoms with Gasteiger partial charge in [-0.2, -0.15) is 10.2 Å². The molecule has 0 fully saturated rings. The van der Waals surface area contributed by atoms with Gasteiger partial charge in [0.25, 0.3) is 5.91 Å². The van der Waals surface area contributed by atoms with Crippen LogP contribution in [0.5, 0.6) is 5.75 Å². The van der Waals surface area contributed by atoms with E-state index >= 15 is 0 Å². The maximum atomic E-state index is 13.9. The summed E-state index contributed by atoms with van der Waals surface area (Å²) in [5.74, 6) is -8.27. The summed E-state index contributed by atoms with van der Waals surface area (Å²) in [6.45, 7) is -0.955. The van der Waals surface area contributed by atoms with Gasteiger partial charge in [0.15, 0.2) is 29.9 Å². The van der Waals surface area contributed by atoms with Crippen molar-refractivity contribution in [3.05, 3.63) is 99.4 Å². The fourth-order valence-corrected chi connectivity index (χ4v) is 3.07. The molecule has 4 aromatic rings. The van der Waals surface area contributed by atoms with E-state index in [0.29, 0.717) is 0 Å². The number of ether oxygens (including phenoxy) is 1. The molecular formula is C21H13F5N6O4. The highest BCUT2D eigenvalue weighted by Gasteiger charge is 2.20. The van der Waals surface area contributed by atoms with Crippen LogP contribution in [0.15, 0.2) is 48.9 Å². The van der Waals surface area contributed by atoms with Crippen LogP contribution in [0, 0.1) is 39.2 Å². The Morgan fingerprint density at radius 1 is 1.06 bits per heavy atom. The monoisotopic (exact) mass is 508 g/mol. The van der Waals surface area contributed by atoms with Crippen molar-refractivity contribution in [3.63, 3.8) is 0 Å². The van der Waals surface area contributed by atoms with Crippen molar-refractivity contribution >= 4 is 17.3 Å². The van der Waals surface area contributed by atoms with E-state index < -0.39 is 57.7 Å². The largest absolute Gasteiger partial charge is 0.464 e. The van der Waals surface area contributed by atoms with Crippen LogP contribution >= 0.6 is 0 Å². The maximum absolute atomic E-state index is 13.9. The first kappa shape index (κ1) is 24.3. The van der Waals surface area contributed by atoms with Crippen LogP contribution in [0.1, 0.15) is 16.1 Å². The van der Waals surface area contributed by atoms with Crippen molar-refractivity contribution in [2.24, 2.45) is 0 Å². The Morgan fingerprint density at radius 2 is 1.83 bits per heavy atom. The minimum absolute atomic E-state index is 0.0993. The number of hydrogen-bond donors (Lipinski definition) is 1. The molecule has 0 radical (unpaired) electrons. The number of rotatable bonds is 8. The molecule has 10 nitrogen and oxygen atoms in total. The van der Waals surface area contributed by atoms with E-state index in [0.717, 1.165) is 33.8 Å². The molecule has 0 saturated carbocycles. The number of carbonyl (C=O) groups excluding carboxylic acids is 1. The van der Waals surface area contributed by atoms with E-state index in [-0.39, 0.29) is 29.9 Å². The van der Waals surface area contributed by atoms with Crippen LogP contribution in [0.25, 0.3) is 0 Å². The Bertz CT molecular complexity index is 1470. The number of hydrogen-bond acceptors (Lipinski definition) is 6. The molecule has 2 heterocycles. The lowest BCUT2D eigenvalue weighted by Gasteiger charge is -2.07. The standard InChI is InChI=1S/C21H13F5N6O4/c22-11-1-2-17(32(34)35)18(5-11)36-10-30-4-3-16(29-30)21(33)28-12-7-27-31(8-12)9-13-14(23)6-15(24)20(26)19(13)25/h1-8H,9-10H2,(H,28,33). The zero-order valence-corrected chi connectivity index (χ0v) is 17.8. The number of nitro groups is 1. The summed E-state index contributed by atoms with van der Waals surface area (Å²) in [5, 5.41) is 21.2. The summed E-state index contributed by atoms with van der Waals surface area (Å²) in [4.78, 5) is 22.7. The number of halogens is 5. The molecule has 1 N–H and O–H groups in total. The van der Waals surface area contributed by atoms with Crippen molar-refractivity contribution in [1.29, 1.82) is 0 Å². The van der Waals surface area contributed by atoms with Gasteiger partial charge in [-0.15, -0.1) is 0 Å². The molecule has 0 atom stereocenters. The van der Waals surface area contributed by atoms with Crippen LogP contribution in [-0.2, 0) is 13.3 Å². The Hall–Kier alpha value is -4.82. The maximum Gasteiger partial charge on any atom is 0.311 e. The Balaban J connectivity index is 1.40. The fraction of sp³-hybridized carbons (Fsp3) is 0.0952. The van der Waals surface area contributed by atoms with Crippen molar-refractivity contribution in [3.8, 4) is 5.75 Å². The predicted octanol–water partition coefficient (Wildman–Crippen LogP) is 4.02. The van der Waals surface area contributed by atoms with Crippen molar-refractivity contribution < 1.29 is 36.4 Å². The molecule has 0 aliphatic heterocycles. The second-order valence-corrected chi connectivity index (χ2v) is 7.21. The quantitative estimate of drug-likeness (QED) is 0.126. The first-order valence-corrected chi connectivity index (χ1v) is 9.88. The average Bonchev–Trinajstić information content (AvgIpc) is 3.48. The Kier molecular flexibility index (Phi) is 6.62. The van der Waals surface area contributed by atoms with Gasteiger partial charge in [0.1, 0.15) is 11.6 Å². The summed E-state index contributed by atoms with van der Waals surface area (Å²) in [7, 11) is 0. The minimum atomic E-state index is -1.82. The third-order valence-corrected chi connectivity index (χ3v) is 4.76. The molecule has 0 saturated heterocycles. The lowest BCUT2D eigenvalue weighted by Crippen LogP contribution is -2.14. The molecule has 0 bridgehead atoms. The number of anilines is 1. The van der Waals surface area contributed by atoms with E-state index in [4.69, 9.17) is 4.74 Å². The molecule has 186 valence electrons. The Labute approximate surface area is 197 Å². The first-order chi connectivity index (χ1) is 17.1. The minimum Gasteiger partial charge on any atom is -0.464 e. The van der Waals surface area contributed by atoms with Crippen molar-refractivity contribution in [2.75, 3.05) is 5.32 Å². The molecule has 15 heteroatoms. The van der Waals surface area contributed by atoms with E-state index in [1.54, 1.807) is 0 Å². The predicted molar refractivity (Wildman–Crippen MR) is 111 cm³/mol. The highest BCUT2D eigenvalue weighted by atomic mass is 19.2. The SMILES string of the molecule is O=C(Nc1cnn(Cc2c(F)cc(F)c(F)c2F)c1)c1ccn(COc2cc(F)ccc2[N+](=O)[O-])n1. The fourth-order valence-electron chi connectivity index (χ4n) is 3.07. The number of nitrogens with zero attached hydrogens (tertiary/aromatic N) is 5. The summed E-state index contributed by atoms with van der Waals surface area (Å²) >= 11 is 0. The number of nitrogens with one attached hydrogen (secondary N) is 1. The number of carbonyl (C=O) groups is 1. The second-order valence-electron chi connectivity index (χ2n) is 7.21. The molecule has 0 aliphatic carbocycles. The van der Waals surface area contributed by atoms with Gasteiger partial charge in [-0.05, 0) is 12.1 Å². The number of benzene rings is 2. The van der Waals surface area contributed by atoms with Gasteiger partial charge in [-0.3, -0.25) is 19.6 Å². The highest BCUT2D eigenvalue weighted by Crippen LogP contribution is 2.27. The van der Waals surface area contributed by atoms with Crippen LogP contribution < -0.4 is 10.1 Å². The lowest BCUT2D eigenvalue weighted by atomic mass is 10.2. The van der Waals surface area contributed by atoms with Gasteiger partial charge in [-0.25, -0.2) is 26.6 Å². The van der Waals surface area contributed by atoms with Gasteiger partial charge < -0.3 is 10.1 Å². The van der Waals surface area contributed by atoms with Gasteiger partial charge in [0.2, 0.25) is 5.75 Å². The van der Waals surface area contributed by atoms with Crippen molar-refractivity contribution in [2.45, 2.75) is 13.3 Å². The van der Waals surface area contributed by atoms with Crippen LogP contribution in [0.2, 0.25) is 0 Å². The molecule has 2 aromatic heterocycles. The molecule has 2 aromatic carbocycles. The molecule has 0 unspecified atom stereocenters. The van der Waals surface area contributed by atoms with Gasteiger partial charge in [-0.1, -0.05) is 0 Å². The molecule has 0 spiro atoms. The zero-order valence-electron chi connectivity index (χ0n) is 17.8. The lowest BCUT2D eigenvalue weighted by molar-refractivity contribution is -0.386. The highest BCUT2D eigenvalue weighted by molar-refractivity contribution is 6.02. The number of nitro benzene ring substituents is 1. The topological polar surface area (TPSA) is 117 Å². The van der Waals surface area contributed by atoms with Crippen LogP contribution in [0.3, 0.4) is 0 Å². The molecule has 0 aliphatic rings. The summed E-state index contributed by atoms with van der Waals surface area (Å²) < 4.78 is 74.9. The summed E-state index contributed by atoms with van der Waals surface area (Å²) in [6.07, 6.45) is 3.68. The molecule has 36 heavy (non-hydrogen) atoms. The molecule has 1 amide bonds. The summed E-state index contributed by atoms with van der Waals surface area (Å²) in [6, 6.07) is 4.21. The molecule has 4 rings (SSSR count). The Morgan fingerprint density at radius 3 is 2.58 bits per heavy atom. The van der Waals surface area contributed by atoms with E-state index in [1.807, 2.05) is 0 Å². The number of aromatic nitrogens is 4. The molecular weight excluding hydrogens is 495 g/mol. The van der Waals surface area contributed by atoms with Crippen molar-refractivity contribution in [1.82, 2.24) is 19.6 Å². The van der Waals surface area contributed by atoms with E-state index in [1.165, 1.54) is 18.5 Å². The van der Waals surface area contributed by atoms with Gasteiger partial charge >= 0.3 is 5.69 Å². The van der Waals surface area contributed by atoms with E-state index in [2.05, 4.69) is 15.5 Å². The first-order valence-electron chi connectivity index (χ1n) is 9.88. The smallest absolute Gasteiger partial charge is 0.311 e. The van der Waals surface area contributed by atoms with Gasteiger partial charge in [0.05, 0.1) is 23.4 Å².